The molecule has 1 rings (SSSR count). The molecule has 0 radical (unpaired) electrons. The Kier molecular flexibility index (Phi) is 5.25. The van der Waals surface area contributed by atoms with Crippen molar-refractivity contribution in [2.75, 3.05) is 11.5 Å². The fraction of sp³-hybridized carbons (Fsp3) is 1.00. The van der Waals surface area contributed by atoms with E-state index in [1.54, 1.807) is 6.92 Å². The lowest BCUT2D eigenvalue weighted by atomic mass is 9.83. The van der Waals surface area contributed by atoms with Crippen molar-refractivity contribution in [3.63, 3.8) is 0 Å². The molecule has 2 N–H and O–H groups in total. The number of hydrogen-bond donors (Lipinski definition) is 1. The maximum Gasteiger partial charge on any atom is 0.150 e. The second kappa shape index (κ2) is 6.01. The maximum atomic E-state index is 11.5. The summed E-state index contributed by atoms with van der Waals surface area (Å²) in [6, 6.07) is 0. The molecule has 0 aliphatic heterocycles. The van der Waals surface area contributed by atoms with Crippen LogP contribution in [-0.4, -0.2) is 25.5 Å². The minimum absolute atomic E-state index is 0.220. The smallest absolute Gasteiger partial charge is 0.150 e. The van der Waals surface area contributed by atoms with Crippen LogP contribution in [0.1, 0.15) is 58.3 Å². The van der Waals surface area contributed by atoms with Gasteiger partial charge in [0.2, 0.25) is 0 Å². The lowest BCUT2D eigenvalue weighted by Crippen LogP contribution is -2.42. The standard InChI is InChI=1S/C12H25NO2S/c1-2-16(14,15)11-10-12(13)8-6-4-3-5-7-9-12/h2-11,13H2,1H3. The minimum Gasteiger partial charge on any atom is -0.325 e. The van der Waals surface area contributed by atoms with Crippen molar-refractivity contribution < 1.29 is 8.42 Å². The van der Waals surface area contributed by atoms with E-state index in [-0.39, 0.29) is 17.0 Å². The Hall–Kier alpha value is -0.0900. The zero-order chi connectivity index (χ0) is 12.1. The molecule has 1 saturated carbocycles. The molecule has 1 aliphatic rings. The third-order valence-electron chi connectivity index (χ3n) is 3.70. The van der Waals surface area contributed by atoms with Crippen LogP contribution in [0.4, 0.5) is 0 Å². The molecule has 0 unspecified atom stereocenters. The van der Waals surface area contributed by atoms with Crippen molar-refractivity contribution in [3.05, 3.63) is 0 Å². The largest absolute Gasteiger partial charge is 0.325 e. The first kappa shape index (κ1) is 14.0. The molecule has 0 heterocycles. The van der Waals surface area contributed by atoms with Crippen LogP contribution in [0.25, 0.3) is 0 Å². The first-order valence-electron chi connectivity index (χ1n) is 6.47. The van der Waals surface area contributed by atoms with Gasteiger partial charge in [-0.15, -0.1) is 0 Å². The van der Waals surface area contributed by atoms with E-state index < -0.39 is 9.84 Å². The highest BCUT2D eigenvalue weighted by Gasteiger charge is 2.26. The number of sulfone groups is 1. The van der Waals surface area contributed by atoms with Crippen molar-refractivity contribution in [2.24, 2.45) is 5.73 Å². The fourth-order valence-electron chi connectivity index (χ4n) is 2.36. The van der Waals surface area contributed by atoms with Gasteiger partial charge in [-0.2, -0.15) is 0 Å². The van der Waals surface area contributed by atoms with Gasteiger partial charge in [0, 0.05) is 11.3 Å². The lowest BCUT2D eigenvalue weighted by molar-refractivity contribution is 0.308. The Morgan fingerprint density at radius 2 is 1.56 bits per heavy atom. The molecule has 0 aromatic rings. The second-order valence-electron chi connectivity index (χ2n) is 5.12. The second-order valence-corrected chi connectivity index (χ2v) is 7.59. The van der Waals surface area contributed by atoms with E-state index in [4.69, 9.17) is 5.73 Å². The predicted octanol–water partition coefficient (Wildman–Crippen LogP) is 2.25. The molecule has 0 aromatic carbocycles. The van der Waals surface area contributed by atoms with E-state index in [0.29, 0.717) is 6.42 Å². The number of hydrogen-bond acceptors (Lipinski definition) is 3. The summed E-state index contributed by atoms with van der Waals surface area (Å²) in [7, 11) is -2.86. The number of nitrogens with two attached hydrogens (primary N) is 1. The van der Waals surface area contributed by atoms with E-state index in [9.17, 15) is 8.42 Å². The lowest BCUT2D eigenvalue weighted by Gasteiger charge is -2.31. The van der Waals surface area contributed by atoms with Gasteiger partial charge in [0.25, 0.3) is 0 Å². The first-order chi connectivity index (χ1) is 7.47. The van der Waals surface area contributed by atoms with Crippen molar-refractivity contribution in [2.45, 2.75) is 63.8 Å². The number of rotatable bonds is 4. The molecule has 0 aromatic heterocycles. The van der Waals surface area contributed by atoms with Gasteiger partial charge >= 0.3 is 0 Å². The monoisotopic (exact) mass is 247 g/mol. The van der Waals surface area contributed by atoms with E-state index in [0.717, 1.165) is 25.7 Å². The molecule has 0 atom stereocenters. The molecule has 3 nitrogen and oxygen atoms in total. The van der Waals surface area contributed by atoms with Crippen molar-refractivity contribution in [3.8, 4) is 0 Å². The molecule has 96 valence electrons. The molecule has 1 aliphatic carbocycles. The molecular formula is C12H25NO2S. The summed E-state index contributed by atoms with van der Waals surface area (Å²) in [5, 5.41) is 0. The highest BCUT2D eigenvalue weighted by Crippen LogP contribution is 2.27. The molecule has 0 bridgehead atoms. The summed E-state index contributed by atoms with van der Waals surface area (Å²) in [6.45, 7) is 1.71. The highest BCUT2D eigenvalue weighted by molar-refractivity contribution is 7.91. The van der Waals surface area contributed by atoms with Gasteiger partial charge in [0.1, 0.15) is 9.84 Å². The van der Waals surface area contributed by atoms with Crippen molar-refractivity contribution in [1.82, 2.24) is 0 Å². The van der Waals surface area contributed by atoms with Crippen LogP contribution in [-0.2, 0) is 9.84 Å². The molecule has 16 heavy (non-hydrogen) atoms. The summed E-state index contributed by atoms with van der Waals surface area (Å²) in [6.07, 6.45) is 8.75. The minimum atomic E-state index is -2.86. The summed E-state index contributed by atoms with van der Waals surface area (Å²) in [5.41, 5.74) is 6.11. The Bertz CT molecular complexity index is 290. The first-order valence-corrected chi connectivity index (χ1v) is 8.29. The van der Waals surface area contributed by atoms with E-state index in [2.05, 4.69) is 0 Å². The van der Waals surface area contributed by atoms with Crippen LogP contribution in [0, 0.1) is 0 Å². The summed E-state index contributed by atoms with van der Waals surface area (Å²) < 4.78 is 23.0. The van der Waals surface area contributed by atoms with Crippen molar-refractivity contribution >= 4 is 9.84 Å². The topological polar surface area (TPSA) is 60.2 Å². The van der Waals surface area contributed by atoms with Gasteiger partial charge in [0.15, 0.2) is 0 Å². The Morgan fingerprint density at radius 1 is 1.06 bits per heavy atom. The average molecular weight is 247 g/mol. The van der Waals surface area contributed by atoms with E-state index in [1.165, 1.54) is 19.3 Å². The zero-order valence-electron chi connectivity index (χ0n) is 10.4. The normalized spacial score (nSPS) is 22.4. The van der Waals surface area contributed by atoms with Crippen LogP contribution in [0.5, 0.6) is 0 Å². The zero-order valence-corrected chi connectivity index (χ0v) is 11.2. The van der Waals surface area contributed by atoms with Crippen LogP contribution >= 0.6 is 0 Å². The summed E-state index contributed by atoms with van der Waals surface area (Å²) >= 11 is 0. The molecule has 0 saturated heterocycles. The molecule has 4 heteroatoms. The third-order valence-corrected chi connectivity index (χ3v) is 5.41. The molecule has 0 amide bonds. The SMILES string of the molecule is CCS(=O)(=O)CCC1(N)CCCCCCC1. The highest BCUT2D eigenvalue weighted by atomic mass is 32.2. The van der Waals surface area contributed by atoms with Crippen LogP contribution in [0.2, 0.25) is 0 Å². The van der Waals surface area contributed by atoms with Crippen LogP contribution in [0.15, 0.2) is 0 Å². The van der Waals surface area contributed by atoms with E-state index in [1.807, 2.05) is 0 Å². The van der Waals surface area contributed by atoms with Gasteiger partial charge in [-0.1, -0.05) is 39.0 Å². The predicted molar refractivity (Wildman–Crippen MR) is 68.2 cm³/mol. The van der Waals surface area contributed by atoms with Crippen molar-refractivity contribution in [1.29, 1.82) is 0 Å². The summed E-state index contributed by atoms with van der Waals surface area (Å²) in [4.78, 5) is 0. The molecule has 1 fully saturated rings. The Labute approximate surface area is 99.7 Å². The van der Waals surface area contributed by atoms with Gasteiger partial charge in [0.05, 0.1) is 5.75 Å². The summed E-state index contributed by atoms with van der Waals surface area (Å²) in [5.74, 6) is 0.503. The van der Waals surface area contributed by atoms with Gasteiger partial charge in [-0.3, -0.25) is 0 Å². The fourth-order valence-corrected chi connectivity index (χ4v) is 3.37. The average Bonchev–Trinajstić information content (AvgIpc) is 2.22. The third kappa shape index (κ3) is 4.83. The van der Waals surface area contributed by atoms with E-state index >= 15 is 0 Å². The van der Waals surface area contributed by atoms with Crippen LogP contribution in [0.3, 0.4) is 0 Å². The maximum absolute atomic E-state index is 11.5. The van der Waals surface area contributed by atoms with Gasteiger partial charge < -0.3 is 5.73 Å². The van der Waals surface area contributed by atoms with Crippen LogP contribution < -0.4 is 5.73 Å². The Morgan fingerprint density at radius 3 is 2.06 bits per heavy atom. The van der Waals surface area contributed by atoms with Gasteiger partial charge in [-0.05, 0) is 19.3 Å². The Balaban J connectivity index is 2.48. The molecule has 0 spiro atoms. The van der Waals surface area contributed by atoms with Gasteiger partial charge in [-0.25, -0.2) is 8.42 Å². The molecular weight excluding hydrogens is 222 g/mol. The quantitative estimate of drug-likeness (QED) is 0.829.